The van der Waals surface area contributed by atoms with E-state index in [-0.39, 0.29) is 121 Å². The fraction of sp³-hybridized carbons (Fsp3) is 0.537. The summed E-state index contributed by atoms with van der Waals surface area (Å²) >= 11 is 6.79. The van der Waals surface area contributed by atoms with E-state index in [1.165, 1.54) is 97.0 Å². The predicted octanol–water partition coefficient (Wildman–Crippen LogP) is -3.83. The predicted molar refractivity (Wildman–Crippen MR) is 557 cm³/mol. The lowest BCUT2D eigenvalue weighted by atomic mass is 10.1. The molecule has 10 rings (SSSR count). The van der Waals surface area contributed by atoms with E-state index in [2.05, 4.69) is 85.4 Å². The Bertz CT molecular complexity index is 6970. The second-order valence-electron chi connectivity index (χ2n) is 34.7. The molecule has 2 aliphatic heterocycles. The maximum Gasteiger partial charge on any atom is 0.410 e. The molecule has 62 heteroatoms. The number of halogens is 4. The van der Waals surface area contributed by atoms with Gasteiger partial charge in [0.15, 0.2) is 22.9 Å². The number of aliphatic carboxylic acids is 1. The highest BCUT2D eigenvalue weighted by Gasteiger charge is 2.31. The number of imidazole rings is 2. The molecule has 0 spiro atoms. The van der Waals surface area contributed by atoms with Crippen molar-refractivity contribution in [1.29, 1.82) is 10.7 Å². The van der Waals surface area contributed by atoms with Crippen LogP contribution in [0.1, 0.15) is 111 Å². The monoisotopic (exact) mass is 2210 g/mol. The molecule has 21 N–H and O–H groups in total. The number of ketones is 1. The molecule has 58 nitrogen and oxygen atoms in total. The topological polar surface area (TPSA) is 795 Å². The number of ether oxygens (including phenoxy) is 4. The average Bonchev–Trinajstić information content (AvgIpc) is 1.61. The van der Waals surface area contributed by atoms with E-state index >= 15 is 0 Å². The molecule has 4 amide bonds. The van der Waals surface area contributed by atoms with Crippen LogP contribution in [0.4, 0.5) is 48.1 Å². The minimum atomic E-state index is -1.10. The minimum Gasteiger partial charge on any atom is -0.480 e. The minimum absolute atomic E-state index is 0. The maximum atomic E-state index is 12.3. The number of guanidine groups is 3. The number of H-pyrrole nitrogens is 1. The molecule has 802 valence electrons. The zero-order valence-corrected chi connectivity index (χ0v) is 90.8. The first-order valence-corrected chi connectivity index (χ1v) is 44.8. The molecule has 10 heterocycles. The number of carboxylic acid groups (broad SMARTS) is 1. The van der Waals surface area contributed by atoms with Crippen molar-refractivity contribution < 1.29 is 57.4 Å². The van der Waals surface area contributed by atoms with Crippen molar-refractivity contribution in [1.82, 2.24) is 100 Å². The molecule has 0 aromatic carbocycles. The number of aromatic nitrogens is 16. The van der Waals surface area contributed by atoms with Crippen molar-refractivity contribution in [2.45, 2.75) is 138 Å². The van der Waals surface area contributed by atoms with E-state index in [1.807, 2.05) is 4.93 Å². The lowest BCUT2D eigenvalue weighted by Crippen LogP contribution is -2.44. The van der Waals surface area contributed by atoms with E-state index < -0.39 is 110 Å². The molecule has 0 radical (unpaired) electrons. The molecule has 0 bridgehead atoms. The highest BCUT2D eigenvalue weighted by molar-refractivity contribution is 14.1. The SMILES string of the molecule is CC(C)(C)OC(=O)NCC(=O)O.CCl.CI.CN(CC1=Nc2c(c(=O)n(C)c(=O)n2C)C1)C(=O)OC(C)(C)C.CN(Cc1[nH]c2c(c(=O)n(C)c(=O)n2C)[n+]1C)C(=N)N=C(N)N.CNCc1nc2c(c(=O)n(C)c(=O)n2C)n1C.Cl.Cl.Cn1c(N)c(CC(=O)CNC(=O)OC(C)(C)C)c(=O)n(C)c1=O.Cn1c(N)c(N)c(=O)n(C)c1=O.Cn1c2c(c(=O)n(C)c1=O)CC(CNC(=O)OC(C)(C)C)=N2.N#CN=C(N)N. The number of nitrogens with two attached hydrogens (primary N) is 7. The fourth-order valence-electron chi connectivity index (χ4n) is 12.0. The first kappa shape index (κ1) is 131. The van der Waals surface area contributed by atoms with Crippen molar-refractivity contribution in [3.63, 3.8) is 0 Å². The van der Waals surface area contributed by atoms with Crippen LogP contribution in [-0.2, 0) is 160 Å². The van der Waals surface area contributed by atoms with Crippen LogP contribution in [0.15, 0.2) is 77.5 Å². The third-order valence-corrected chi connectivity index (χ3v) is 18.9. The molecule has 0 saturated heterocycles. The van der Waals surface area contributed by atoms with Crippen LogP contribution in [0, 0.1) is 16.9 Å². The Kier molecular flexibility index (Phi) is 51.0. The Morgan fingerprint density at radius 3 is 1.33 bits per heavy atom. The van der Waals surface area contributed by atoms with Gasteiger partial charge in [0.2, 0.25) is 18.1 Å². The van der Waals surface area contributed by atoms with Crippen LogP contribution in [0.5, 0.6) is 0 Å². The van der Waals surface area contributed by atoms with E-state index in [0.717, 1.165) is 42.4 Å². The summed E-state index contributed by atoms with van der Waals surface area (Å²) in [7, 11) is 26.1. The van der Waals surface area contributed by atoms with Gasteiger partial charge in [0.1, 0.15) is 70.3 Å². The van der Waals surface area contributed by atoms with E-state index in [4.69, 9.17) is 74.9 Å². The normalized spacial score (nSPS) is 11.1. The number of fused-ring (bicyclic) bond motifs is 4. The number of aryl methyl sites for hydroxylation is 4. The summed E-state index contributed by atoms with van der Waals surface area (Å²) in [6.07, 6.45) is 0.767. The van der Waals surface area contributed by atoms with E-state index in [0.29, 0.717) is 81.7 Å². The number of alkyl halides is 2. The zero-order valence-electron chi connectivity index (χ0n) is 86.2. The van der Waals surface area contributed by atoms with Gasteiger partial charge in [-0.1, -0.05) is 22.6 Å². The number of hydrogen-bond donors (Lipinski definition) is 14. The smallest absolute Gasteiger partial charge is 0.410 e. The number of nitriles is 1. The Morgan fingerprint density at radius 1 is 0.521 bits per heavy atom. The number of anilines is 3. The highest BCUT2D eigenvalue weighted by Crippen LogP contribution is 2.24. The standard InChI is InChI=1S/C15H22N4O4.C14H22N4O5.C14H20N4O4.C12H19N9O2.C10H15N5O2.C7H13NO4.C6H10N4O2.C2H4N4.CH3Cl.CH3I.2ClH/c1-15(2,3)23-14(22)17(4)8-9-7-10-11(16-9)18(5)13(21)19(6)12(10)20;1-14(2,3)23-12(21)16-7-8(19)6-9-10(15)17(4)13(22)18(5)11(9)20;1-14(2,3)22-12(20)15-7-8-6-9-10(16-8)17(4)13(21)18(5)11(9)19;1-18(11(15)17-10(13)14)5-6-16-8-7(19(6)2)9(22)21(4)12(23)20(8)3;1-11-5-6-12-8-7(13(6)2)9(16)15(4)10(17)14(8)3;1-7(2,3)12-6(11)8-4-5(9)10;1-9-4(8)3(7)5(11)10(2)6(9)12;3-1-6-2(4)5;2*1-2;;/h7-8H2,1-6H3;6-7,15H2,1-5H3,(H,16,21);6-7H2,1-5H3,(H,15,20);5H2,1-4H3,(H5,13,14,15,17);11H,5H2,1-4H3;4H2,1-3H3,(H,8,11)(H,9,10);7-8H2,1-2H3;(H4,4,5,6);2*1H3;2*1H/p+1. The molecule has 144 heavy (non-hydrogen) atoms. The van der Waals surface area contributed by atoms with Crippen LogP contribution in [-0.4, -0.2) is 231 Å². The molecule has 0 atom stereocenters. The second-order valence-corrected chi connectivity index (χ2v) is 34.7. The average molecular weight is 2210 g/mol. The van der Waals surface area contributed by atoms with Gasteiger partial charge in [0.05, 0.1) is 49.9 Å². The summed E-state index contributed by atoms with van der Waals surface area (Å²) in [6.45, 7) is 21.4. The Balaban J connectivity index is 0. The molecule has 0 fully saturated rings. The van der Waals surface area contributed by atoms with Crippen LogP contribution in [0.25, 0.3) is 22.3 Å². The van der Waals surface area contributed by atoms with Gasteiger partial charge < -0.3 is 99.8 Å². The molecular weight excluding hydrogens is 2080 g/mol. The van der Waals surface area contributed by atoms with Gasteiger partial charge in [-0.2, -0.15) is 10.3 Å². The first-order valence-electron chi connectivity index (χ1n) is 41.9. The third-order valence-electron chi connectivity index (χ3n) is 18.9. The number of aromatic amines is 1. The number of carbonyl (C=O) groups excluding carboxylic acids is 5. The number of nitrogens with zero attached hydrogens (tertiary/aromatic N) is 22. The summed E-state index contributed by atoms with van der Waals surface area (Å²) < 4.78 is 37.2. The van der Waals surface area contributed by atoms with E-state index in [9.17, 15) is 86.3 Å². The van der Waals surface area contributed by atoms with E-state index in [1.54, 1.807) is 156 Å². The number of amides is 4. The highest BCUT2D eigenvalue weighted by atomic mass is 127. The number of hydrogen-bond acceptors (Lipinski definition) is 32. The molecule has 0 aliphatic carbocycles. The van der Waals surface area contributed by atoms with Gasteiger partial charge in [-0.05, 0) is 95.1 Å². The Labute approximate surface area is 854 Å². The lowest BCUT2D eigenvalue weighted by Gasteiger charge is -2.24. The number of carboxylic acids is 1. The van der Waals surface area contributed by atoms with Crippen molar-refractivity contribution >= 4 is 176 Å². The van der Waals surface area contributed by atoms with Gasteiger partial charge in [-0.3, -0.25) is 98.6 Å². The fourth-order valence-corrected chi connectivity index (χ4v) is 12.0. The van der Waals surface area contributed by atoms with Crippen molar-refractivity contribution in [3.8, 4) is 6.19 Å². The number of alkyl carbamates (subject to hydrolysis) is 3. The molecule has 8 aromatic heterocycles. The molecule has 2 aliphatic rings. The summed E-state index contributed by atoms with van der Waals surface area (Å²) in [4.78, 5) is 237. The summed E-state index contributed by atoms with van der Waals surface area (Å²) in [5.41, 5.74) is 32.4. The number of Topliss-reactive ketones (excluding diaryl/α,β-unsaturated/α-hetero) is 1. The number of rotatable bonds is 14. The summed E-state index contributed by atoms with van der Waals surface area (Å²) in [5.74, 6) is -0.0509. The largest absolute Gasteiger partial charge is 0.480 e. The van der Waals surface area contributed by atoms with Crippen molar-refractivity contribution in [2.24, 2.45) is 142 Å². The van der Waals surface area contributed by atoms with Crippen LogP contribution < -0.4 is 133 Å². The van der Waals surface area contributed by atoms with Gasteiger partial charge in [0, 0.05) is 143 Å². The van der Waals surface area contributed by atoms with Crippen LogP contribution in [0.2, 0.25) is 0 Å². The van der Waals surface area contributed by atoms with Crippen molar-refractivity contribution in [3.05, 3.63) is 153 Å². The molecule has 8 aromatic rings. The quantitative estimate of drug-likeness (QED) is 0.00943. The van der Waals surface area contributed by atoms with Gasteiger partial charge >= 0.3 is 70.0 Å². The zero-order chi connectivity index (χ0) is 111. The van der Waals surface area contributed by atoms with Crippen LogP contribution in [0.3, 0.4) is 0 Å². The second kappa shape index (κ2) is 56.0. The lowest BCUT2D eigenvalue weighted by molar-refractivity contribution is -0.654. The number of aliphatic imine (C=N–C) groups is 4. The number of carbonyl (C=O) groups is 6. The molecular formula is C82H134Cl3IN35O23+. The summed E-state index contributed by atoms with van der Waals surface area (Å²) in [5, 5.41) is 33.6. The molecule has 0 saturated carbocycles. The number of nitrogen functional groups attached to an aromatic ring is 3. The molecule has 0 unspecified atom stereocenters. The van der Waals surface area contributed by atoms with Crippen LogP contribution >= 0.6 is 59.0 Å². The van der Waals surface area contributed by atoms with Gasteiger partial charge in [-0.25, -0.2) is 72.5 Å². The third kappa shape index (κ3) is 36.8. The number of nitrogens with one attached hydrogen (secondary N) is 6. The maximum absolute atomic E-state index is 12.3. The first-order chi connectivity index (χ1) is 65.2. The van der Waals surface area contributed by atoms with Gasteiger partial charge in [-0.15, -0.1) is 41.4 Å². The Morgan fingerprint density at radius 2 is 0.910 bits per heavy atom. The summed E-state index contributed by atoms with van der Waals surface area (Å²) in [6, 6.07) is 0. The van der Waals surface area contributed by atoms with Gasteiger partial charge in [0.25, 0.3) is 44.8 Å². The Hall–Kier alpha value is -15.0. The van der Waals surface area contributed by atoms with Crippen molar-refractivity contribution in [2.75, 3.05) is 75.8 Å².